The van der Waals surface area contributed by atoms with E-state index in [0.717, 1.165) is 34.9 Å². The molecule has 1 aliphatic heterocycles. The van der Waals surface area contributed by atoms with Crippen LogP contribution >= 0.6 is 11.6 Å². The third-order valence-electron chi connectivity index (χ3n) is 4.05. The molecule has 1 heterocycles. The van der Waals surface area contributed by atoms with Crippen molar-refractivity contribution in [2.45, 2.75) is 6.42 Å². The van der Waals surface area contributed by atoms with Crippen LogP contribution in [0.15, 0.2) is 66.7 Å². The zero-order valence-corrected chi connectivity index (χ0v) is 12.8. The largest absolute Gasteiger partial charge is 0.492 e. The van der Waals surface area contributed by atoms with Crippen LogP contribution in [-0.2, 0) is 6.42 Å². The second-order valence-corrected chi connectivity index (χ2v) is 5.92. The molecule has 108 valence electrons. The summed E-state index contributed by atoms with van der Waals surface area (Å²) >= 11 is 6.01. The lowest BCUT2D eigenvalue weighted by atomic mass is 9.95. The van der Waals surface area contributed by atoms with E-state index >= 15 is 0 Å². The Hall–Kier alpha value is -2.25. The summed E-state index contributed by atoms with van der Waals surface area (Å²) in [6.07, 6.45) is 0.969. The van der Waals surface area contributed by atoms with Crippen molar-refractivity contribution >= 4 is 11.6 Å². The molecule has 3 aromatic carbocycles. The van der Waals surface area contributed by atoms with Crippen LogP contribution in [-0.4, -0.2) is 6.61 Å². The normalized spacial score (nSPS) is 12.8. The zero-order valence-electron chi connectivity index (χ0n) is 12.1. The van der Waals surface area contributed by atoms with E-state index in [1.165, 1.54) is 16.7 Å². The van der Waals surface area contributed by atoms with Gasteiger partial charge in [0, 0.05) is 17.0 Å². The lowest BCUT2D eigenvalue weighted by Crippen LogP contribution is -1.89. The molecule has 0 spiro atoms. The van der Waals surface area contributed by atoms with Crippen molar-refractivity contribution in [1.82, 2.24) is 0 Å². The molecule has 0 saturated carbocycles. The van der Waals surface area contributed by atoms with Gasteiger partial charge in [0.1, 0.15) is 5.75 Å². The molecular weight excluding hydrogens is 292 g/mol. The number of hydrogen-bond acceptors (Lipinski definition) is 1. The van der Waals surface area contributed by atoms with Gasteiger partial charge in [0.25, 0.3) is 0 Å². The third kappa shape index (κ3) is 2.38. The molecule has 0 atom stereocenters. The van der Waals surface area contributed by atoms with Crippen molar-refractivity contribution in [2.75, 3.05) is 6.61 Å². The minimum absolute atomic E-state index is 0.750. The topological polar surface area (TPSA) is 9.23 Å². The molecule has 0 unspecified atom stereocenters. The van der Waals surface area contributed by atoms with E-state index in [-0.39, 0.29) is 0 Å². The molecule has 0 N–H and O–H groups in total. The average Bonchev–Trinajstić information content (AvgIpc) is 3.04. The highest BCUT2D eigenvalue weighted by atomic mass is 35.5. The minimum atomic E-state index is 0.750. The first kappa shape index (κ1) is 13.4. The summed E-state index contributed by atoms with van der Waals surface area (Å²) in [5, 5.41) is 0.750. The molecule has 0 fully saturated rings. The van der Waals surface area contributed by atoms with E-state index in [2.05, 4.69) is 48.5 Å². The second kappa shape index (κ2) is 5.51. The molecule has 0 radical (unpaired) electrons. The molecule has 0 saturated heterocycles. The van der Waals surface area contributed by atoms with Crippen LogP contribution in [0.2, 0.25) is 5.02 Å². The molecule has 2 heteroatoms. The van der Waals surface area contributed by atoms with Crippen molar-refractivity contribution in [1.29, 1.82) is 0 Å². The van der Waals surface area contributed by atoms with E-state index in [1.807, 2.05) is 18.2 Å². The van der Waals surface area contributed by atoms with Crippen LogP contribution in [0.3, 0.4) is 0 Å². The fourth-order valence-corrected chi connectivity index (χ4v) is 3.08. The Kier molecular flexibility index (Phi) is 3.36. The summed E-state index contributed by atoms with van der Waals surface area (Å²) in [6, 6.07) is 22.9. The van der Waals surface area contributed by atoms with Crippen LogP contribution in [0.1, 0.15) is 5.56 Å². The zero-order chi connectivity index (χ0) is 14.9. The Morgan fingerprint density at radius 3 is 2.32 bits per heavy atom. The maximum atomic E-state index is 6.01. The number of halogens is 1. The fourth-order valence-electron chi connectivity index (χ4n) is 2.95. The number of rotatable bonds is 2. The van der Waals surface area contributed by atoms with E-state index < -0.39 is 0 Å². The Morgan fingerprint density at radius 2 is 1.55 bits per heavy atom. The summed E-state index contributed by atoms with van der Waals surface area (Å²) in [6.45, 7) is 0.758. The van der Waals surface area contributed by atoms with Gasteiger partial charge in [0.15, 0.2) is 0 Å². The molecule has 0 amide bonds. The van der Waals surface area contributed by atoms with Gasteiger partial charge < -0.3 is 4.74 Å². The van der Waals surface area contributed by atoms with E-state index in [9.17, 15) is 0 Å². The van der Waals surface area contributed by atoms with Crippen LogP contribution in [0, 0.1) is 0 Å². The first-order chi connectivity index (χ1) is 10.8. The molecule has 0 aromatic heterocycles. The summed E-state index contributed by atoms with van der Waals surface area (Å²) in [4.78, 5) is 0. The molecule has 4 rings (SSSR count). The molecule has 0 aliphatic carbocycles. The lowest BCUT2D eigenvalue weighted by Gasteiger charge is -2.12. The van der Waals surface area contributed by atoms with Gasteiger partial charge in [0.2, 0.25) is 0 Å². The predicted octanol–water partition coefficient (Wildman–Crippen LogP) is 5.61. The van der Waals surface area contributed by atoms with Gasteiger partial charge in [-0.2, -0.15) is 0 Å². The molecule has 1 nitrogen and oxygen atoms in total. The standard InChI is InChI=1S/C20H15ClO/c21-18-8-6-15(7-9-18)19-13-17(14-4-2-1-3-5-14)12-16-10-11-22-20(16)19/h1-9,12-13H,10-11H2. The van der Waals surface area contributed by atoms with Gasteiger partial charge >= 0.3 is 0 Å². The van der Waals surface area contributed by atoms with Crippen molar-refractivity contribution < 1.29 is 4.74 Å². The van der Waals surface area contributed by atoms with Crippen LogP contribution < -0.4 is 4.74 Å². The molecule has 1 aliphatic rings. The number of fused-ring (bicyclic) bond motifs is 1. The van der Waals surface area contributed by atoms with Crippen molar-refractivity contribution in [3.8, 4) is 28.0 Å². The van der Waals surface area contributed by atoms with Crippen molar-refractivity contribution in [2.24, 2.45) is 0 Å². The van der Waals surface area contributed by atoms with E-state index in [4.69, 9.17) is 16.3 Å². The minimum Gasteiger partial charge on any atom is -0.492 e. The SMILES string of the molecule is Clc1ccc(-c2cc(-c3ccccc3)cc3c2OCC3)cc1. The molecule has 22 heavy (non-hydrogen) atoms. The van der Waals surface area contributed by atoms with Gasteiger partial charge in [-0.05, 0) is 46.5 Å². The average molecular weight is 307 g/mol. The number of benzene rings is 3. The van der Waals surface area contributed by atoms with Gasteiger partial charge in [-0.3, -0.25) is 0 Å². The predicted molar refractivity (Wildman–Crippen MR) is 91.5 cm³/mol. The smallest absolute Gasteiger partial charge is 0.130 e. The Balaban J connectivity index is 1.90. The third-order valence-corrected chi connectivity index (χ3v) is 4.30. The second-order valence-electron chi connectivity index (χ2n) is 5.48. The number of ether oxygens (including phenoxy) is 1. The summed E-state index contributed by atoms with van der Waals surface area (Å²) in [5.41, 5.74) is 6.03. The highest BCUT2D eigenvalue weighted by Gasteiger charge is 2.19. The van der Waals surface area contributed by atoms with Crippen LogP contribution in [0.5, 0.6) is 5.75 Å². The van der Waals surface area contributed by atoms with Gasteiger partial charge in [0.05, 0.1) is 6.61 Å². The monoisotopic (exact) mass is 306 g/mol. The highest BCUT2D eigenvalue weighted by molar-refractivity contribution is 6.30. The fraction of sp³-hybridized carbons (Fsp3) is 0.100. The number of hydrogen-bond donors (Lipinski definition) is 0. The highest BCUT2D eigenvalue weighted by Crippen LogP contribution is 2.40. The Labute approximate surface area is 135 Å². The van der Waals surface area contributed by atoms with E-state index in [0.29, 0.717) is 0 Å². The first-order valence-electron chi connectivity index (χ1n) is 7.42. The Bertz CT molecular complexity index is 807. The Morgan fingerprint density at radius 1 is 0.773 bits per heavy atom. The molecular formula is C20H15ClO. The first-order valence-corrected chi connectivity index (χ1v) is 7.80. The summed E-state index contributed by atoms with van der Waals surface area (Å²) in [7, 11) is 0. The van der Waals surface area contributed by atoms with E-state index in [1.54, 1.807) is 0 Å². The summed E-state index contributed by atoms with van der Waals surface area (Å²) < 4.78 is 5.87. The van der Waals surface area contributed by atoms with Crippen molar-refractivity contribution in [3.63, 3.8) is 0 Å². The maximum absolute atomic E-state index is 6.01. The maximum Gasteiger partial charge on any atom is 0.130 e. The molecule has 0 bridgehead atoms. The summed E-state index contributed by atoms with van der Waals surface area (Å²) in [5.74, 6) is 1.02. The molecule has 3 aromatic rings. The van der Waals surface area contributed by atoms with Gasteiger partial charge in [-0.15, -0.1) is 0 Å². The van der Waals surface area contributed by atoms with Crippen LogP contribution in [0.4, 0.5) is 0 Å². The van der Waals surface area contributed by atoms with Crippen LogP contribution in [0.25, 0.3) is 22.3 Å². The lowest BCUT2D eigenvalue weighted by molar-refractivity contribution is 0.358. The van der Waals surface area contributed by atoms with Gasteiger partial charge in [-0.1, -0.05) is 54.1 Å². The quantitative estimate of drug-likeness (QED) is 0.598. The van der Waals surface area contributed by atoms with Crippen molar-refractivity contribution in [3.05, 3.63) is 77.3 Å². The van der Waals surface area contributed by atoms with Gasteiger partial charge in [-0.25, -0.2) is 0 Å².